The van der Waals surface area contributed by atoms with Crippen LogP contribution in [0.3, 0.4) is 0 Å². The molecule has 170 valence electrons. The molecule has 7 nitrogen and oxygen atoms in total. The fourth-order valence-corrected chi connectivity index (χ4v) is 3.58. The van der Waals surface area contributed by atoms with E-state index in [2.05, 4.69) is 30.9 Å². The molecular formula is C25H31N3O4. The first kappa shape index (κ1) is 23.3. The zero-order chi connectivity index (χ0) is 23.1. The first-order valence-corrected chi connectivity index (χ1v) is 10.8. The van der Waals surface area contributed by atoms with Gasteiger partial charge >= 0.3 is 0 Å². The molecule has 1 atom stereocenters. The third kappa shape index (κ3) is 5.66. The van der Waals surface area contributed by atoms with Gasteiger partial charge in [-0.15, -0.1) is 0 Å². The van der Waals surface area contributed by atoms with Crippen LogP contribution in [0.25, 0.3) is 11.4 Å². The van der Waals surface area contributed by atoms with Crippen LogP contribution in [-0.2, 0) is 11.2 Å². The second-order valence-electron chi connectivity index (χ2n) is 8.10. The lowest BCUT2D eigenvalue weighted by atomic mass is 10.0. The van der Waals surface area contributed by atoms with Crippen molar-refractivity contribution in [3.8, 4) is 22.9 Å². The van der Waals surface area contributed by atoms with Gasteiger partial charge in [-0.05, 0) is 36.6 Å². The summed E-state index contributed by atoms with van der Waals surface area (Å²) in [5.41, 5.74) is 1.86. The van der Waals surface area contributed by atoms with Crippen LogP contribution in [0.4, 0.5) is 0 Å². The van der Waals surface area contributed by atoms with Crippen LogP contribution >= 0.6 is 0 Å². The van der Waals surface area contributed by atoms with E-state index in [0.29, 0.717) is 42.6 Å². The molecule has 0 fully saturated rings. The maximum absolute atomic E-state index is 13.0. The Labute approximate surface area is 189 Å². The van der Waals surface area contributed by atoms with Crippen LogP contribution in [0.2, 0.25) is 0 Å². The minimum atomic E-state index is -0.0457. The highest BCUT2D eigenvalue weighted by Crippen LogP contribution is 2.31. The minimum absolute atomic E-state index is 0.0457. The van der Waals surface area contributed by atoms with E-state index in [9.17, 15) is 4.79 Å². The molecule has 0 N–H and O–H groups in total. The number of benzene rings is 2. The molecule has 0 radical (unpaired) electrons. The predicted molar refractivity (Wildman–Crippen MR) is 123 cm³/mol. The van der Waals surface area contributed by atoms with Crippen molar-refractivity contribution in [1.82, 2.24) is 15.0 Å². The van der Waals surface area contributed by atoms with Gasteiger partial charge in [0.25, 0.3) is 0 Å². The van der Waals surface area contributed by atoms with Gasteiger partial charge in [-0.3, -0.25) is 4.79 Å². The smallest absolute Gasteiger partial charge is 0.228 e. The van der Waals surface area contributed by atoms with Gasteiger partial charge in [0, 0.05) is 24.9 Å². The second-order valence-corrected chi connectivity index (χ2v) is 8.10. The topological polar surface area (TPSA) is 77.7 Å². The van der Waals surface area contributed by atoms with Crippen LogP contribution in [-0.4, -0.2) is 41.7 Å². The van der Waals surface area contributed by atoms with Crippen molar-refractivity contribution in [2.24, 2.45) is 5.92 Å². The Morgan fingerprint density at radius 1 is 1.03 bits per heavy atom. The molecule has 0 spiro atoms. The number of nitrogens with zero attached hydrogens (tertiary/aromatic N) is 3. The molecule has 1 amide bonds. The van der Waals surface area contributed by atoms with E-state index in [1.165, 1.54) is 0 Å². The lowest BCUT2D eigenvalue weighted by molar-refractivity contribution is -0.134. The number of rotatable bonds is 10. The highest BCUT2D eigenvalue weighted by Gasteiger charge is 2.23. The summed E-state index contributed by atoms with van der Waals surface area (Å²) in [6, 6.07) is 15.5. The molecule has 2 aromatic carbocycles. The number of methoxy groups -OCH3 is 2. The van der Waals surface area contributed by atoms with E-state index in [-0.39, 0.29) is 17.9 Å². The Balaban J connectivity index is 1.75. The Morgan fingerprint density at radius 2 is 1.75 bits per heavy atom. The van der Waals surface area contributed by atoms with Crippen LogP contribution in [0, 0.1) is 5.92 Å². The second kappa shape index (κ2) is 10.8. The van der Waals surface area contributed by atoms with Gasteiger partial charge in [-0.2, -0.15) is 4.98 Å². The fraction of sp³-hybridized carbons (Fsp3) is 0.400. The first-order chi connectivity index (χ1) is 15.4. The summed E-state index contributed by atoms with van der Waals surface area (Å²) >= 11 is 0. The van der Waals surface area contributed by atoms with Crippen molar-refractivity contribution < 1.29 is 18.8 Å². The molecule has 0 saturated heterocycles. The Hall–Kier alpha value is -3.35. The third-order valence-corrected chi connectivity index (χ3v) is 5.33. The number of ether oxygens (including phenoxy) is 2. The SMILES string of the molecule is COc1ccc(-c2noc(CCN(C(=O)CC(C)C)C(C)c3ccccc3)n2)cc1OC. The van der Waals surface area contributed by atoms with Crippen LogP contribution < -0.4 is 9.47 Å². The van der Waals surface area contributed by atoms with Gasteiger partial charge < -0.3 is 18.9 Å². The van der Waals surface area contributed by atoms with Crippen molar-refractivity contribution >= 4 is 5.91 Å². The molecular weight excluding hydrogens is 406 g/mol. The zero-order valence-corrected chi connectivity index (χ0v) is 19.4. The normalized spacial score (nSPS) is 11.9. The summed E-state index contributed by atoms with van der Waals surface area (Å²) in [6.07, 6.45) is 0.971. The molecule has 0 aliphatic carbocycles. The van der Waals surface area contributed by atoms with Gasteiger partial charge in [-0.1, -0.05) is 49.3 Å². The summed E-state index contributed by atoms with van der Waals surface area (Å²) in [4.78, 5) is 19.4. The molecule has 32 heavy (non-hydrogen) atoms. The maximum Gasteiger partial charge on any atom is 0.228 e. The zero-order valence-electron chi connectivity index (χ0n) is 19.4. The monoisotopic (exact) mass is 437 g/mol. The number of amides is 1. The van der Waals surface area contributed by atoms with Crippen LogP contribution in [0.5, 0.6) is 11.5 Å². The number of aromatic nitrogens is 2. The molecule has 3 rings (SSSR count). The Kier molecular flexibility index (Phi) is 7.87. The Morgan fingerprint density at radius 3 is 2.41 bits per heavy atom. The summed E-state index contributed by atoms with van der Waals surface area (Å²) < 4.78 is 16.1. The van der Waals surface area contributed by atoms with E-state index in [1.54, 1.807) is 20.3 Å². The van der Waals surface area contributed by atoms with E-state index in [1.807, 2.05) is 47.4 Å². The quantitative estimate of drug-likeness (QED) is 0.447. The predicted octanol–water partition coefficient (Wildman–Crippen LogP) is 4.93. The van der Waals surface area contributed by atoms with Gasteiger partial charge in [0.2, 0.25) is 17.6 Å². The number of carbonyl (C=O) groups excluding carboxylic acids is 1. The maximum atomic E-state index is 13.0. The van der Waals surface area contributed by atoms with E-state index < -0.39 is 0 Å². The van der Waals surface area contributed by atoms with E-state index in [0.717, 1.165) is 11.1 Å². The summed E-state index contributed by atoms with van der Waals surface area (Å²) in [5, 5.41) is 4.11. The van der Waals surface area contributed by atoms with Gasteiger partial charge in [0.15, 0.2) is 11.5 Å². The van der Waals surface area contributed by atoms with Crippen molar-refractivity contribution in [3.05, 3.63) is 60.0 Å². The number of hydrogen-bond acceptors (Lipinski definition) is 6. The standard InChI is InChI=1S/C25H31N3O4/c1-17(2)15-24(29)28(18(3)19-9-7-6-8-10-19)14-13-23-26-25(27-32-23)20-11-12-21(30-4)22(16-20)31-5/h6-12,16-18H,13-15H2,1-5H3. The first-order valence-electron chi connectivity index (χ1n) is 10.8. The minimum Gasteiger partial charge on any atom is -0.493 e. The van der Waals surface area contributed by atoms with Crippen LogP contribution in [0.1, 0.15) is 44.7 Å². The van der Waals surface area contributed by atoms with Gasteiger partial charge in [0.05, 0.1) is 20.3 Å². The van der Waals surface area contributed by atoms with Crippen molar-refractivity contribution in [3.63, 3.8) is 0 Å². The molecule has 3 aromatic rings. The molecule has 0 aliphatic rings. The largest absolute Gasteiger partial charge is 0.493 e. The molecule has 7 heteroatoms. The summed E-state index contributed by atoms with van der Waals surface area (Å²) in [7, 11) is 3.17. The summed E-state index contributed by atoms with van der Waals surface area (Å²) in [5.74, 6) is 2.59. The molecule has 0 saturated carbocycles. The number of carbonyl (C=O) groups is 1. The molecule has 1 heterocycles. The lowest BCUT2D eigenvalue weighted by Gasteiger charge is -2.30. The average molecular weight is 438 g/mol. The van der Waals surface area contributed by atoms with Gasteiger partial charge in [0.1, 0.15) is 0 Å². The van der Waals surface area contributed by atoms with Crippen molar-refractivity contribution in [2.75, 3.05) is 20.8 Å². The highest BCUT2D eigenvalue weighted by atomic mass is 16.5. The molecule has 0 bridgehead atoms. The number of hydrogen-bond donors (Lipinski definition) is 0. The van der Waals surface area contributed by atoms with E-state index in [4.69, 9.17) is 14.0 Å². The highest BCUT2D eigenvalue weighted by molar-refractivity contribution is 5.77. The molecule has 0 aliphatic heterocycles. The Bertz CT molecular complexity index is 1020. The van der Waals surface area contributed by atoms with Gasteiger partial charge in [-0.25, -0.2) is 0 Å². The molecule has 1 unspecified atom stereocenters. The van der Waals surface area contributed by atoms with Crippen molar-refractivity contribution in [2.45, 2.75) is 39.7 Å². The third-order valence-electron chi connectivity index (χ3n) is 5.33. The van der Waals surface area contributed by atoms with Crippen LogP contribution in [0.15, 0.2) is 53.1 Å². The van der Waals surface area contributed by atoms with Crippen molar-refractivity contribution in [1.29, 1.82) is 0 Å². The average Bonchev–Trinajstić information content (AvgIpc) is 3.27. The fourth-order valence-electron chi connectivity index (χ4n) is 3.58. The summed E-state index contributed by atoms with van der Waals surface area (Å²) in [6.45, 7) is 6.65. The lowest BCUT2D eigenvalue weighted by Crippen LogP contribution is -2.36. The van der Waals surface area contributed by atoms with E-state index >= 15 is 0 Å². The molecule has 1 aromatic heterocycles.